The van der Waals surface area contributed by atoms with Gasteiger partial charge in [0.2, 0.25) is 5.49 Å². The minimum atomic E-state index is -0.701. The number of pyridine rings is 1. The summed E-state index contributed by atoms with van der Waals surface area (Å²) in [5, 5.41) is 13.7. The predicted octanol–water partition coefficient (Wildman–Crippen LogP) is 2.28. The molecule has 1 aromatic heterocycles. The van der Waals surface area contributed by atoms with E-state index in [4.69, 9.17) is 11.6 Å². The van der Waals surface area contributed by atoms with Crippen molar-refractivity contribution >= 4 is 11.6 Å². The lowest BCUT2D eigenvalue weighted by Gasteiger charge is -2.05. The molecular formula is C12H10ClN3O2. The van der Waals surface area contributed by atoms with Crippen molar-refractivity contribution in [1.29, 1.82) is 0 Å². The molecule has 1 heterocycles. The number of aromatic nitrogens is 1. The van der Waals surface area contributed by atoms with Gasteiger partial charge in [0.25, 0.3) is 0 Å². The molecule has 0 aliphatic rings. The fourth-order valence-corrected chi connectivity index (χ4v) is 1.69. The Kier molecular flexibility index (Phi) is 3.74. The standard InChI is InChI=1S/C12H10ClN3O2/c13-11-6-4-10(5-7-11)9-15-8-2-1-3-12(15)14-16(17)18/h1-8H,9H2. The molecule has 92 valence electrons. The van der Waals surface area contributed by atoms with E-state index < -0.39 is 5.03 Å². The van der Waals surface area contributed by atoms with E-state index in [0.717, 1.165) is 5.56 Å². The lowest BCUT2D eigenvalue weighted by atomic mass is 10.2. The Morgan fingerprint density at radius 1 is 1.22 bits per heavy atom. The SMILES string of the molecule is O=[N+]([O-])N=c1ccccn1Cc1ccc(Cl)cc1. The van der Waals surface area contributed by atoms with Crippen LogP contribution in [0, 0.1) is 10.1 Å². The maximum absolute atomic E-state index is 10.4. The molecule has 0 amide bonds. The molecule has 0 spiro atoms. The zero-order valence-electron chi connectivity index (χ0n) is 9.36. The highest BCUT2D eigenvalue weighted by Gasteiger charge is 1.99. The van der Waals surface area contributed by atoms with Crippen LogP contribution in [0.1, 0.15) is 5.56 Å². The van der Waals surface area contributed by atoms with Crippen molar-refractivity contribution in [3.8, 4) is 0 Å². The van der Waals surface area contributed by atoms with Crippen LogP contribution in [0.15, 0.2) is 53.8 Å². The highest BCUT2D eigenvalue weighted by Crippen LogP contribution is 2.09. The van der Waals surface area contributed by atoms with E-state index in [0.29, 0.717) is 17.1 Å². The van der Waals surface area contributed by atoms with Gasteiger partial charge in [-0.2, -0.15) is 0 Å². The summed E-state index contributed by atoms with van der Waals surface area (Å²) in [5.74, 6) is 0. The first-order valence-corrected chi connectivity index (χ1v) is 5.62. The number of nitro groups is 1. The molecule has 0 radical (unpaired) electrons. The first kappa shape index (κ1) is 12.3. The fraction of sp³-hybridized carbons (Fsp3) is 0.0833. The second kappa shape index (κ2) is 5.46. The van der Waals surface area contributed by atoms with Crippen molar-refractivity contribution in [3.63, 3.8) is 0 Å². The van der Waals surface area contributed by atoms with E-state index in [-0.39, 0.29) is 0 Å². The molecule has 1 aromatic carbocycles. The molecule has 0 fully saturated rings. The van der Waals surface area contributed by atoms with Gasteiger partial charge in [0, 0.05) is 17.8 Å². The topological polar surface area (TPSA) is 60.4 Å². The molecule has 5 nitrogen and oxygen atoms in total. The molecule has 0 saturated heterocycles. The van der Waals surface area contributed by atoms with Crippen molar-refractivity contribution in [3.05, 3.63) is 74.8 Å². The van der Waals surface area contributed by atoms with Gasteiger partial charge >= 0.3 is 0 Å². The third-order valence-electron chi connectivity index (χ3n) is 2.37. The molecule has 2 aromatic rings. The van der Waals surface area contributed by atoms with Crippen molar-refractivity contribution in [1.82, 2.24) is 4.57 Å². The molecular weight excluding hydrogens is 254 g/mol. The van der Waals surface area contributed by atoms with E-state index in [1.165, 1.54) is 0 Å². The maximum atomic E-state index is 10.4. The number of nitrogens with zero attached hydrogens (tertiary/aromatic N) is 3. The van der Waals surface area contributed by atoms with Crippen LogP contribution in [-0.2, 0) is 6.54 Å². The van der Waals surface area contributed by atoms with Gasteiger partial charge in [-0.25, -0.2) is 10.1 Å². The average Bonchev–Trinajstić information content (AvgIpc) is 2.34. The Hall–Kier alpha value is -2.14. The third-order valence-corrected chi connectivity index (χ3v) is 2.62. The van der Waals surface area contributed by atoms with Gasteiger partial charge in [-0.15, -0.1) is 0 Å². The molecule has 0 aliphatic heterocycles. The third kappa shape index (κ3) is 3.18. The smallest absolute Gasteiger partial charge is 0.207 e. The fourth-order valence-electron chi connectivity index (χ4n) is 1.56. The molecule has 2 rings (SSSR count). The number of halogens is 1. The Morgan fingerprint density at radius 2 is 1.94 bits per heavy atom. The second-order valence-corrected chi connectivity index (χ2v) is 4.09. The first-order chi connectivity index (χ1) is 8.65. The van der Waals surface area contributed by atoms with Crippen molar-refractivity contribution in [2.24, 2.45) is 5.10 Å². The van der Waals surface area contributed by atoms with Gasteiger partial charge in [-0.3, -0.25) is 0 Å². The van der Waals surface area contributed by atoms with E-state index in [1.807, 2.05) is 12.1 Å². The summed E-state index contributed by atoms with van der Waals surface area (Å²) in [6.07, 6.45) is 1.75. The zero-order chi connectivity index (χ0) is 13.0. The molecule has 6 heteroatoms. The highest BCUT2D eigenvalue weighted by atomic mass is 35.5. The lowest BCUT2D eigenvalue weighted by molar-refractivity contribution is -0.490. The van der Waals surface area contributed by atoms with Crippen LogP contribution in [0.25, 0.3) is 0 Å². The van der Waals surface area contributed by atoms with E-state index in [9.17, 15) is 10.1 Å². The minimum Gasteiger partial charge on any atom is -0.324 e. The van der Waals surface area contributed by atoms with Crippen LogP contribution in [0.4, 0.5) is 0 Å². The van der Waals surface area contributed by atoms with Crippen LogP contribution >= 0.6 is 11.6 Å². The van der Waals surface area contributed by atoms with Gasteiger partial charge in [-0.1, -0.05) is 29.8 Å². The molecule has 0 N–H and O–H groups in total. The second-order valence-electron chi connectivity index (χ2n) is 3.65. The van der Waals surface area contributed by atoms with Crippen molar-refractivity contribution in [2.45, 2.75) is 6.54 Å². The summed E-state index contributed by atoms with van der Waals surface area (Å²) in [7, 11) is 0. The van der Waals surface area contributed by atoms with Crippen LogP contribution in [0.3, 0.4) is 0 Å². The van der Waals surface area contributed by atoms with Crippen LogP contribution in [0.2, 0.25) is 5.02 Å². The summed E-state index contributed by atoms with van der Waals surface area (Å²) in [5.41, 5.74) is 1.30. The van der Waals surface area contributed by atoms with Crippen molar-refractivity contribution < 1.29 is 5.03 Å². The van der Waals surface area contributed by atoms with Gasteiger partial charge in [0.15, 0.2) is 5.03 Å². The quantitative estimate of drug-likeness (QED) is 0.630. The summed E-state index contributed by atoms with van der Waals surface area (Å²) in [4.78, 5) is 10.4. The van der Waals surface area contributed by atoms with Crippen molar-refractivity contribution in [2.75, 3.05) is 0 Å². The highest BCUT2D eigenvalue weighted by molar-refractivity contribution is 6.30. The van der Waals surface area contributed by atoms with Gasteiger partial charge in [-0.05, 0) is 29.8 Å². The molecule has 0 aliphatic carbocycles. The Labute approximate surface area is 108 Å². The molecule has 0 unspecified atom stereocenters. The maximum Gasteiger partial charge on any atom is 0.207 e. The largest absolute Gasteiger partial charge is 0.324 e. The van der Waals surface area contributed by atoms with E-state index >= 15 is 0 Å². The van der Waals surface area contributed by atoms with Gasteiger partial charge < -0.3 is 4.57 Å². The predicted molar refractivity (Wildman–Crippen MR) is 67.5 cm³/mol. The Bertz CT molecular complexity index is 620. The summed E-state index contributed by atoms with van der Waals surface area (Å²) in [6.45, 7) is 0.505. The number of rotatable bonds is 3. The summed E-state index contributed by atoms with van der Waals surface area (Å²) >= 11 is 5.80. The molecule has 0 saturated carbocycles. The molecule has 0 bridgehead atoms. The van der Waals surface area contributed by atoms with Gasteiger partial charge in [0.1, 0.15) is 0 Å². The normalized spacial score (nSPS) is 11.5. The molecule has 18 heavy (non-hydrogen) atoms. The van der Waals surface area contributed by atoms with Crippen LogP contribution in [0.5, 0.6) is 0 Å². The summed E-state index contributed by atoms with van der Waals surface area (Å²) < 4.78 is 1.70. The lowest BCUT2D eigenvalue weighted by Crippen LogP contribution is -2.21. The van der Waals surface area contributed by atoms with Gasteiger partial charge in [0.05, 0.1) is 5.10 Å². The summed E-state index contributed by atoms with van der Waals surface area (Å²) in [6, 6.07) is 12.4. The van der Waals surface area contributed by atoms with E-state index in [2.05, 4.69) is 5.10 Å². The number of hydrogen-bond donors (Lipinski definition) is 0. The first-order valence-electron chi connectivity index (χ1n) is 5.24. The molecule has 0 atom stereocenters. The number of benzene rings is 1. The Balaban J connectivity index is 2.35. The number of hydrogen-bond acceptors (Lipinski definition) is 2. The monoisotopic (exact) mass is 263 g/mol. The zero-order valence-corrected chi connectivity index (χ0v) is 10.1. The minimum absolute atomic E-state index is 0.303. The van der Waals surface area contributed by atoms with E-state index in [1.54, 1.807) is 41.1 Å². The van der Waals surface area contributed by atoms with Crippen LogP contribution < -0.4 is 5.49 Å². The Morgan fingerprint density at radius 3 is 2.61 bits per heavy atom. The van der Waals surface area contributed by atoms with Crippen LogP contribution in [-0.4, -0.2) is 9.60 Å². The average molecular weight is 264 g/mol.